The molecule has 2 N–H and O–H groups in total. The first kappa shape index (κ1) is 18.5. The first-order valence-electron chi connectivity index (χ1n) is 8.68. The molecular formula is C19H25N7O. The van der Waals surface area contributed by atoms with Crippen molar-refractivity contribution in [3.63, 3.8) is 0 Å². The molecule has 3 rings (SSSR count). The van der Waals surface area contributed by atoms with Crippen LogP contribution in [-0.2, 0) is 20.1 Å². The molecule has 2 aromatic heterocycles. The molecule has 0 saturated carbocycles. The fourth-order valence-electron chi connectivity index (χ4n) is 2.77. The highest BCUT2D eigenvalue weighted by Crippen LogP contribution is 2.18. The normalized spacial score (nSPS) is 11.5. The van der Waals surface area contributed by atoms with Crippen molar-refractivity contribution < 1.29 is 4.74 Å². The van der Waals surface area contributed by atoms with Gasteiger partial charge in [0.1, 0.15) is 11.6 Å². The molecule has 0 fully saturated rings. The molecule has 0 atom stereocenters. The minimum atomic E-state index is 0.507. The van der Waals surface area contributed by atoms with Crippen LogP contribution in [0.2, 0.25) is 0 Å². The minimum absolute atomic E-state index is 0.507. The average Bonchev–Trinajstić information content (AvgIpc) is 3.32. The Morgan fingerprint density at radius 2 is 2.07 bits per heavy atom. The number of nitrogens with zero attached hydrogens (tertiary/aromatic N) is 5. The van der Waals surface area contributed by atoms with Crippen LogP contribution in [0, 0.1) is 0 Å². The largest absolute Gasteiger partial charge is 0.497 e. The highest BCUT2D eigenvalue weighted by atomic mass is 16.5. The quantitative estimate of drug-likeness (QED) is 0.514. The van der Waals surface area contributed by atoms with Crippen molar-refractivity contribution in [3.8, 4) is 17.1 Å². The summed E-state index contributed by atoms with van der Waals surface area (Å²) in [6, 6.07) is 11.8. The van der Waals surface area contributed by atoms with Crippen LogP contribution in [0.25, 0.3) is 11.4 Å². The van der Waals surface area contributed by atoms with E-state index in [2.05, 4.69) is 41.0 Å². The van der Waals surface area contributed by atoms with Gasteiger partial charge in [0.2, 0.25) is 0 Å². The third-order valence-corrected chi connectivity index (χ3v) is 4.32. The molecule has 27 heavy (non-hydrogen) atoms. The molecule has 8 heteroatoms. The summed E-state index contributed by atoms with van der Waals surface area (Å²) in [6.45, 7) is 1.27. The molecule has 142 valence electrons. The van der Waals surface area contributed by atoms with E-state index < -0.39 is 0 Å². The lowest BCUT2D eigenvalue weighted by molar-refractivity contribution is 0.415. The summed E-state index contributed by atoms with van der Waals surface area (Å²) in [6.07, 6.45) is 2.04. The molecule has 0 amide bonds. The molecule has 3 aromatic rings. The van der Waals surface area contributed by atoms with Gasteiger partial charge in [-0.05, 0) is 36.4 Å². The number of aliphatic imine (C=N–C) groups is 1. The third-order valence-electron chi connectivity index (χ3n) is 4.32. The maximum Gasteiger partial charge on any atom is 0.194 e. The predicted octanol–water partition coefficient (Wildman–Crippen LogP) is 2.03. The highest BCUT2D eigenvalue weighted by molar-refractivity contribution is 5.79. The van der Waals surface area contributed by atoms with Crippen LogP contribution in [0.3, 0.4) is 0 Å². The zero-order valence-electron chi connectivity index (χ0n) is 16.1. The first-order valence-corrected chi connectivity index (χ1v) is 8.68. The topological polar surface area (TPSA) is 83.4 Å². The fourth-order valence-corrected chi connectivity index (χ4v) is 2.77. The van der Waals surface area contributed by atoms with Crippen LogP contribution in [0.5, 0.6) is 5.75 Å². The summed E-state index contributed by atoms with van der Waals surface area (Å²) in [7, 11) is 7.46. The Kier molecular flexibility index (Phi) is 5.75. The monoisotopic (exact) mass is 367 g/mol. The van der Waals surface area contributed by atoms with Crippen LogP contribution in [0.15, 0.2) is 47.6 Å². The van der Waals surface area contributed by atoms with E-state index in [-0.39, 0.29) is 0 Å². The number of hydrogen-bond donors (Lipinski definition) is 2. The van der Waals surface area contributed by atoms with Crippen LogP contribution in [0.4, 0.5) is 0 Å². The van der Waals surface area contributed by atoms with Gasteiger partial charge in [-0.2, -0.15) is 5.10 Å². The van der Waals surface area contributed by atoms with Gasteiger partial charge in [0.25, 0.3) is 0 Å². The number of rotatable bonds is 6. The second-order valence-corrected chi connectivity index (χ2v) is 6.20. The Morgan fingerprint density at radius 3 is 2.70 bits per heavy atom. The van der Waals surface area contributed by atoms with Gasteiger partial charge in [-0.15, -0.1) is 0 Å². The predicted molar refractivity (Wildman–Crippen MR) is 105 cm³/mol. The standard InChI is InChI=1S/C19H25N7O/c1-20-19(26(3)13-15-6-5-11-25(15)2)21-12-17-22-18(24-23-17)14-7-9-16(27-4)10-8-14/h5-11H,12-13H2,1-4H3,(H,20,21)(H,22,23,24). The van der Waals surface area contributed by atoms with Gasteiger partial charge in [-0.25, -0.2) is 4.98 Å². The number of guanidine groups is 1. The number of aromatic amines is 1. The fraction of sp³-hybridized carbons (Fsp3) is 0.316. The lowest BCUT2D eigenvalue weighted by Gasteiger charge is -2.22. The van der Waals surface area contributed by atoms with Crippen molar-refractivity contribution in [2.75, 3.05) is 21.2 Å². The number of ether oxygens (including phenoxy) is 1. The molecule has 0 aliphatic carbocycles. The number of hydrogen-bond acceptors (Lipinski definition) is 4. The smallest absolute Gasteiger partial charge is 0.194 e. The Hall–Kier alpha value is -3.29. The lowest BCUT2D eigenvalue weighted by Crippen LogP contribution is -2.38. The van der Waals surface area contributed by atoms with Crippen molar-refractivity contribution in [1.29, 1.82) is 0 Å². The number of H-pyrrole nitrogens is 1. The number of aromatic nitrogens is 4. The molecule has 0 unspecified atom stereocenters. The molecule has 0 aliphatic rings. The second-order valence-electron chi connectivity index (χ2n) is 6.20. The average molecular weight is 367 g/mol. The third kappa shape index (κ3) is 4.46. The van der Waals surface area contributed by atoms with E-state index in [0.29, 0.717) is 12.4 Å². The van der Waals surface area contributed by atoms with Crippen molar-refractivity contribution >= 4 is 5.96 Å². The Balaban J connectivity index is 1.60. The van der Waals surface area contributed by atoms with Gasteiger partial charge in [0, 0.05) is 38.6 Å². The minimum Gasteiger partial charge on any atom is -0.497 e. The zero-order chi connectivity index (χ0) is 19.2. The van der Waals surface area contributed by atoms with E-state index in [1.54, 1.807) is 14.2 Å². The van der Waals surface area contributed by atoms with E-state index in [1.165, 1.54) is 5.69 Å². The molecule has 2 heterocycles. The lowest BCUT2D eigenvalue weighted by atomic mass is 10.2. The van der Waals surface area contributed by atoms with Gasteiger partial charge < -0.3 is 19.5 Å². The number of nitrogens with one attached hydrogen (secondary N) is 2. The van der Waals surface area contributed by atoms with Gasteiger partial charge in [-0.3, -0.25) is 10.1 Å². The van der Waals surface area contributed by atoms with E-state index in [9.17, 15) is 0 Å². The maximum atomic E-state index is 5.18. The molecule has 0 aliphatic heterocycles. The van der Waals surface area contributed by atoms with Crippen molar-refractivity contribution in [3.05, 3.63) is 54.1 Å². The van der Waals surface area contributed by atoms with Crippen molar-refractivity contribution in [2.24, 2.45) is 12.0 Å². The Morgan fingerprint density at radius 1 is 1.30 bits per heavy atom. The number of aryl methyl sites for hydroxylation is 1. The number of benzene rings is 1. The summed E-state index contributed by atoms with van der Waals surface area (Å²) in [4.78, 5) is 11.0. The maximum absolute atomic E-state index is 5.18. The highest BCUT2D eigenvalue weighted by Gasteiger charge is 2.10. The van der Waals surface area contributed by atoms with E-state index in [0.717, 1.165) is 29.6 Å². The van der Waals surface area contributed by atoms with Crippen molar-refractivity contribution in [2.45, 2.75) is 13.1 Å². The molecule has 0 saturated heterocycles. The molecule has 0 spiro atoms. The van der Waals surface area contributed by atoms with Crippen LogP contribution >= 0.6 is 0 Å². The van der Waals surface area contributed by atoms with Crippen LogP contribution < -0.4 is 10.1 Å². The molecule has 8 nitrogen and oxygen atoms in total. The van der Waals surface area contributed by atoms with Crippen LogP contribution in [0.1, 0.15) is 11.5 Å². The summed E-state index contributed by atoms with van der Waals surface area (Å²) >= 11 is 0. The van der Waals surface area contributed by atoms with Gasteiger partial charge in [0.05, 0.1) is 20.2 Å². The van der Waals surface area contributed by atoms with E-state index in [1.807, 2.05) is 50.6 Å². The summed E-state index contributed by atoms with van der Waals surface area (Å²) in [5.41, 5.74) is 2.14. The first-order chi connectivity index (χ1) is 13.1. The molecule has 0 radical (unpaired) electrons. The zero-order valence-corrected chi connectivity index (χ0v) is 16.1. The van der Waals surface area contributed by atoms with Crippen LogP contribution in [-0.4, -0.2) is 51.8 Å². The second kappa shape index (κ2) is 8.39. The summed E-state index contributed by atoms with van der Waals surface area (Å²) in [5, 5.41) is 10.6. The van der Waals surface area contributed by atoms with Crippen molar-refractivity contribution in [1.82, 2.24) is 30.0 Å². The summed E-state index contributed by atoms with van der Waals surface area (Å²) in [5.74, 6) is 3.00. The van der Waals surface area contributed by atoms with Gasteiger partial charge in [-0.1, -0.05) is 0 Å². The Bertz CT molecular complexity index is 895. The summed E-state index contributed by atoms with van der Waals surface area (Å²) < 4.78 is 7.28. The van der Waals surface area contributed by atoms with E-state index >= 15 is 0 Å². The van der Waals surface area contributed by atoms with E-state index in [4.69, 9.17) is 4.74 Å². The molecular weight excluding hydrogens is 342 g/mol. The SMILES string of the molecule is CN=C(NCc1nc(-c2ccc(OC)cc2)n[nH]1)N(C)Cc1cccn1C. The molecule has 1 aromatic carbocycles. The molecule has 0 bridgehead atoms. The number of methoxy groups -OCH3 is 1. The Labute approximate surface area is 158 Å². The van der Waals surface area contributed by atoms with Gasteiger partial charge >= 0.3 is 0 Å². The van der Waals surface area contributed by atoms with Gasteiger partial charge in [0.15, 0.2) is 11.8 Å².